The minimum Gasteiger partial charge on any atom is -1.00 e. The first-order valence-corrected chi connectivity index (χ1v) is 6.20. The molecule has 3 nitrogen and oxygen atoms in total. The van der Waals surface area contributed by atoms with Crippen LogP contribution in [0.4, 0.5) is 5.69 Å². The maximum absolute atomic E-state index is 5.77. The number of hydrogen-bond donors (Lipinski definition) is 1. The summed E-state index contributed by atoms with van der Waals surface area (Å²) >= 11 is 0. The summed E-state index contributed by atoms with van der Waals surface area (Å²) in [7, 11) is 1.99. The van der Waals surface area contributed by atoms with Gasteiger partial charge < -0.3 is 33.7 Å². The Balaban J connectivity index is 0.00000147. The molecule has 3 rings (SSSR count). The van der Waals surface area contributed by atoms with Gasteiger partial charge in [0, 0.05) is 18.0 Å². The molecule has 0 aliphatic rings. The van der Waals surface area contributed by atoms with E-state index < -0.39 is 0 Å². The Morgan fingerprint density at radius 2 is 1.70 bits per heavy atom. The van der Waals surface area contributed by atoms with Crippen LogP contribution in [-0.4, -0.2) is 0 Å². The molecule has 0 saturated carbocycles. The molecule has 0 fully saturated rings. The normalized spacial score (nSPS) is 10.7. The summed E-state index contributed by atoms with van der Waals surface area (Å²) in [5.41, 5.74) is 3.03. The van der Waals surface area contributed by atoms with Crippen molar-refractivity contribution in [1.29, 1.82) is 0 Å². The van der Waals surface area contributed by atoms with Crippen molar-refractivity contribution >= 4 is 22.9 Å². The molecule has 0 spiro atoms. The third-order valence-corrected chi connectivity index (χ3v) is 3.02. The minimum atomic E-state index is 0. The highest BCUT2D eigenvalue weighted by atomic mass is 127. The van der Waals surface area contributed by atoms with E-state index in [0.29, 0.717) is 0 Å². The maximum atomic E-state index is 5.77. The summed E-state index contributed by atoms with van der Waals surface area (Å²) in [5.74, 6) is 0.810. The molecular formula is C16H15IN2O. The standard InChI is InChI=1S/C16H14N2O.HI/c1-18-14-9-5-6-10-15(14)19-16(18)11-12-17-13-7-3-2-4-8-13;/h2-12H,1H3;1H. The molecule has 3 aromatic rings. The number of oxazole rings is 1. The van der Waals surface area contributed by atoms with Gasteiger partial charge in [-0.1, -0.05) is 30.3 Å². The molecule has 0 radical (unpaired) electrons. The van der Waals surface area contributed by atoms with Gasteiger partial charge >= 0.3 is 5.89 Å². The molecule has 0 saturated heterocycles. The molecule has 20 heavy (non-hydrogen) atoms. The fraction of sp³-hybridized carbons (Fsp3) is 0.0625. The second-order valence-electron chi connectivity index (χ2n) is 4.31. The van der Waals surface area contributed by atoms with Crippen molar-refractivity contribution in [3.05, 3.63) is 66.7 Å². The van der Waals surface area contributed by atoms with Crippen LogP contribution in [0, 0.1) is 0 Å². The van der Waals surface area contributed by atoms with Crippen LogP contribution in [0.15, 0.2) is 65.2 Å². The lowest BCUT2D eigenvalue weighted by Crippen LogP contribution is -3.00. The second-order valence-corrected chi connectivity index (χ2v) is 4.31. The molecule has 0 aliphatic carbocycles. The van der Waals surface area contributed by atoms with Crippen molar-refractivity contribution in [2.24, 2.45) is 7.05 Å². The predicted octanol–water partition coefficient (Wildman–Crippen LogP) is 0.344. The molecule has 1 N–H and O–H groups in total. The first kappa shape index (κ1) is 14.6. The van der Waals surface area contributed by atoms with Crippen LogP contribution >= 0.6 is 0 Å². The van der Waals surface area contributed by atoms with E-state index in [4.69, 9.17) is 4.42 Å². The van der Waals surface area contributed by atoms with Crippen LogP contribution in [0.5, 0.6) is 0 Å². The molecule has 102 valence electrons. The predicted molar refractivity (Wildman–Crippen MR) is 76.5 cm³/mol. The van der Waals surface area contributed by atoms with Gasteiger partial charge in [0.15, 0.2) is 0 Å². The van der Waals surface area contributed by atoms with E-state index in [1.807, 2.05) is 78.5 Å². The van der Waals surface area contributed by atoms with Gasteiger partial charge in [-0.25, -0.2) is 0 Å². The number of aryl methyl sites for hydroxylation is 1. The average molecular weight is 378 g/mol. The third-order valence-electron chi connectivity index (χ3n) is 3.02. The van der Waals surface area contributed by atoms with Gasteiger partial charge in [0.25, 0.3) is 5.52 Å². The van der Waals surface area contributed by atoms with E-state index in [-0.39, 0.29) is 24.0 Å². The largest absolute Gasteiger partial charge is 1.00 e. The Morgan fingerprint density at radius 1 is 1.00 bits per heavy atom. The fourth-order valence-electron chi connectivity index (χ4n) is 2.01. The topological polar surface area (TPSA) is 29.1 Å². The van der Waals surface area contributed by atoms with Crippen molar-refractivity contribution in [3.63, 3.8) is 0 Å². The van der Waals surface area contributed by atoms with Crippen molar-refractivity contribution < 1.29 is 33.0 Å². The van der Waals surface area contributed by atoms with Crippen molar-refractivity contribution in [2.75, 3.05) is 5.32 Å². The van der Waals surface area contributed by atoms with E-state index in [0.717, 1.165) is 22.7 Å². The quantitative estimate of drug-likeness (QED) is 0.527. The molecule has 1 aromatic heterocycles. The van der Waals surface area contributed by atoms with Crippen molar-refractivity contribution in [2.45, 2.75) is 0 Å². The molecule has 0 bridgehead atoms. The number of halogens is 1. The summed E-state index contributed by atoms with van der Waals surface area (Å²) in [4.78, 5) is 0. The van der Waals surface area contributed by atoms with Gasteiger partial charge in [-0.05, 0) is 18.2 Å². The molecule has 0 atom stereocenters. The van der Waals surface area contributed by atoms with E-state index in [2.05, 4.69) is 5.32 Å². The maximum Gasteiger partial charge on any atom is 0.375 e. The van der Waals surface area contributed by atoms with Crippen LogP contribution in [-0.2, 0) is 7.05 Å². The zero-order valence-corrected chi connectivity index (χ0v) is 13.2. The second kappa shape index (κ2) is 6.56. The number of rotatable bonds is 3. The smallest absolute Gasteiger partial charge is 0.375 e. The highest BCUT2D eigenvalue weighted by molar-refractivity contribution is 5.69. The average Bonchev–Trinajstić information content (AvgIpc) is 2.78. The van der Waals surface area contributed by atoms with Gasteiger partial charge in [0.1, 0.15) is 7.05 Å². The summed E-state index contributed by atoms with van der Waals surface area (Å²) in [6.45, 7) is 0. The minimum absolute atomic E-state index is 0. The number of hydrogen-bond acceptors (Lipinski definition) is 2. The SMILES string of the molecule is C[n+]1c(/C=C/Nc2ccccc2)oc2ccccc21.[I-]. The summed E-state index contributed by atoms with van der Waals surface area (Å²) in [6.07, 6.45) is 3.81. The molecule has 1 heterocycles. The Morgan fingerprint density at radius 3 is 2.45 bits per heavy atom. The highest BCUT2D eigenvalue weighted by Crippen LogP contribution is 2.13. The van der Waals surface area contributed by atoms with E-state index >= 15 is 0 Å². The Labute approximate surface area is 134 Å². The zero-order chi connectivity index (χ0) is 13.1. The Bertz CT molecular complexity index is 720. The number of nitrogens with one attached hydrogen (secondary N) is 1. The summed E-state index contributed by atoms with van der Waals surface area (Å²) < 4.78 is 7.80. The van der Waals surface area contributed by atoms with Crippen LogP contribution in [0.3, 0.4) is 0 Å². The fourth-order valence-corrected chi connectivity index (χ4v) is 2.01. The molecule has 4 heteroatoms. The number of benzene rings is 2. The molecule has 0 unspecified atom stereocenters. The number of fused-ring (bicyclic) bond motifs is 1. The van der Waals surface area contributed by atoms with Crippen molar-refractivity contribution in [1.82, 2.24) is 0 Å². The molecule has 0 amide bonds. The van der Waals surface area contributed by atoms with Crippen LogP contribution in [0.2, 0.25) is 0 Å². The highest BCUT2D eigenvalue weighted by Gasteiger charge is 2.14. The monoisotopic (exact) mass is 378 g/mol. The molecule has 0 aliphatic heterocycles. The lowest BCUT2D eigenvalue weighted by atomic mass is 10.3. The third kappa shape index (κ3) is 3.01. The summed E-state index contributed by atoms with van der Waals surface area (Å²) in [6, 6.07) is 18.0. The Hall–Kier alpha value is -1.82. The summed E-state index contributed by atoms with van der Waals surface area (Å²) in [5, 5.41) is 3.21. The molecule has 2 aromatic carbocycles. The Kier molecular flexibility index (Phi) is 4.79. The van der Waals surface area contributed by atoms with Crippen LogP contribution in [0.1, 0.15) is 5.89 Å². The number of para-hydroxylation sites is 3. The van der Waals surface area contributed by atoms with E-state index in [9.17, 15) is 0 Å². The van der Waals surface area contributed by atoms with E-state index in [1.54, 1.807) is 0 Å². The lowest BCUT2D eigenvalue weighted by Gasteiger charge is -1.97. The van der Waals surface area contributed by atoms with Crippen LogP contribution < -0.4 is 33.9 Å². The first-order valence-electron chi connectivity index (χ1n) is 6.20. The number of aromatic nitrogens is 1. The zero-order valence-electron chi connectivity index (χ0n) is 11.1. The van der Waals surface area contributed by atoms with Crippen molar-refractivity contribution in [3.8, 4) is 0 Å². The van der Waals surface area contributed by atoms with Gasteiger partial charge in [0.05, 0.1) is 6.08 Å². The first-order chi connectivity index (χ1) is 9.34. The lowest BCUT2D eigenvalue weighted by molar-refractivity contribution is -0.652. The van der Waals surface area contributed by atoms with Gasteiger partial charge in [-0.15, -0.1) is 0 Å². The molecular weight excluding hydrogens is 363 g/mol. The van der Waals surface area contributed by atoms with Gasteiger partial charge in [-0.3, -0.25) is 0 Å². The van der Waals surface area contributed by atoms with Gasteiger partial charge in [-0.2, -0.15) is 4.57 Å². The van der Waals surface area contributed by atoms with Crippen LogP contribution in [0.25, 0.3) is 17.2 Å². The van der Waals surface area contributed by atoms with E-state index in [1.165, 1.54) is 0 Å². The number of nitrogens with zero attached hydrogens (tertiary/aromatic N) is 1. The van der Waals surface area contributed by atoms with Gasteiger partial charge in [0.2, 0.25) is 5.58 Å². The number of anilines is 1.